The summed E-state index contributed by atoms with van der Waals surface area (Å²) in [5, 5.41) is 18.1. The van der Waals surface area contributed by atoms with Crippen LogP contribution in [0.1, 0.15) is 37.2 Å². The van der Waals surface area contributed by atoms with Crippen LogP contribution in [0.3, 0.4) is 0 Å². The number of para-hydroxylation sites is 1. The van der Waals surface area contributed by atoms with Gasteiger partial charge in [0, 0.05) is 23.7 Å². The number of aliphatic hydroxyl groups is 1. The van der Waals surface area contributed by atoms with Crippen LogP contribution in [0.25, 0.3) is 0 Å². The minimum Gasteiger partial charge on any atom is -0.487 e. The minimum atomic E-state index is -0.564. The van der Waals surface area contributed by atoms with Gasteiger partial charge in [0.25, 0.3) is 0 Å². The number of nitrogens with one attached hydrogen (secondary N) is 3. The molecule has 5 rings (SSSR count). The van der Waals surface area contributed by atoms with E-state index in [4.69, 9.17) is 9.47 Å². The van der Waals surface area contributed by atoms with Crippen molar-refractivity contribution in [2.45, 2.75) is 49.9 Å². The molecule has 2 heterocycles. The van der Waals surface area contributed by atoms with E-state index in [1.54, 1.807) is 24.3 Å². The average Bonchev–Trinajstić information content (AvgIpc) is 3.59. The Balaban J connectivity index is 1.26. The van der Waals surface area contributed by atoms with Gasteiger partial charge >= 0.3 is 6.03 Å². The van der Waals surface area contributed by atoms with Crippen molar-refractivity contribution in [2.24, 2.45) is 5.92 Å². The monoisotopic (exact) mass is 469 g/mol. The highest BCUT2D eigenvalue weighted by atomic mass is 19.1. The lowest BCUT2D eigenvalue weighted by Gasteiger charge is -2.37. The molecule has 0 radical (unpaired) electrons. The molecule has 4 atom stereocenters. The first-order valence-electron chi connectivity index (χ1n) is 11.7. The van der Waals surface area contributed by atoms with Crippen molar-refractivity contribution in [1.82, 2.24) is 5.32 Å². The average molecular weight is 470 g/mol. The quantitative estimate of drug-likeness (QED) is 0.497. The van der Waals surface area contributed by atoms with Gasteiger partial charge in [0.05, 0.1) is 24.8 Å². The van der Waals surface area contributed by atoms with E-state index in [0.717, 1.165) is 5.56 Å². The third kappa shape index (κ3) is 5.00. The number of anilines is 2. The first-order valence-corrected chi connectivity index (χ1v) is 11.7. The Morgan fingerprint density at radius 3 is 2.71 bits per heavy atom. The number of hydrogen-bond acceptors (Lipinski definition) is 5. The molecule has 4 N–H and O–H groups in total. The summed E-state index contributed by atoms with van der Waals surface area (Å²) in [6, 6.07) is 10.7. The van der Waals surface area contributed by atoms with Gasteiger partial charge < -0.3 is 30.5 Å². The molecule has 0 aromatic heterocycles. The number of urea groups is 1. The number of aliphatic hydroxyl groups excluding tert-OH is 1. The molecular formula is C25H28FN3O5. The lowest BCUT2D eigenvalue weighted by Crippen LogP contribution is -2.47. The maximum Gasteiger partial charge on any atom is 0.323 e. The van der Waals surface area contributed by atoms with Gasteiger partial charge in [-0.05, 0) is 55.5 Å². The molecular weight excluding hydrogens is 441 g/mol. The fourth-order valence-electron chi connectivity index (χ4n) is 4.67. The molecule has 2 aromatic rings. The number of ether oxygens (including phenoxy) is 2. The SMILES string of the molecule is O=C(C[C@H]1C[C@H]2c3cc(NC(=O)Nc4ccccc4F)ccc3O[C@H]2[C@H](CO)O1)NCC1CC1. The van der Waals surface area contributed by atoms with E-state index in [0.29, 0.717) is 30.3 Å². The van der Waals surface area contributed by atoms with Crippen LogP contribution in [0.4, 0.5) is 20.6 Å². The Morgan fingerprint density at radius 1 is 1.12 bits per heavy atom. The summed E-state index contributed by atoms with van der Waals surface area (Å²) < 4.78 is 25.9. The molecule has 180 valence electrons. The number of hydrogen-bond donors (Lipinski definition) is 4. The van der Waals surface area contributed by atoms with Crippen LogP contribution in [-0.4, -0.2) is 48.5 Å². The fourth-order valence-corrected chi connectivity index (χ4v) is 4.67. The highest BCUT2D eigenvalue weighted by Gasteiger charge is 2.46. The number of fused-ring (bicyclic) bond motifs is 3. The third-order valence-corrected chi connectivity index (χ3v) is 6.58. The van der Waals surface area contributed by atoms with Crippen molar-refractivity contribution in [3.63, 3.8) is 0 Å². The predicted octanol–water partition coefficient (Wildman–Crippen LogP) is 3.38. The molecule has 0 bridgehead atoms. The summed E-state index contributed by atoms with van der Waals surface area (Å²) in [6.45, 7) is 0.489. The Hall–Kier alpha value is -3.17. The van der Waals surface area contributed by atoms with E-state index < -0.39 is 18.0 Å². The van der Waals surface area contributed by atoms with Crippen molar-refractivity contribution in [3.05, 3.63) is 53.8 Å². The minimum absolute atomic E-state index is 0.0496. The van der Waals surface area contributed by atoms with Crippen molar-refractivity contribution in [3.8, 4) is 5.75 Å². The van der Waals surface area contributed by atoms with Gasteiger partial charge in [-0.2, -0.15) is 0 Å². The molecule has 8 nitrogen and oxygen atoms in total. The Kier molecular flexibility index (Phi) is 6.38. The van der Waals surface area contributed by atoms with E-state index in [1.807, 2.05) is 6.07 Å². The maximum atomic E-state index is 13.8. The molecule has 2 aliphatic heterocycles. The largest absolute Gasteiger partial charge is 0.487 e. The normalized spacial score (nSPS) is 25.0. The van der Waals surface area contributed by atoms with Crippen LogP contribution >= 0.6 is 0 Å². The molecule has 2 fully saturated rings. The Labute approximate surface area is 196 Å². The van der Waals surface area contributed by atoms with Gasteiger partial charge in [-0.3, -0.25) is 4.79 Å². The summed E-state index contributed by atoms with van der Waals surface area (Å²) in [5.41, 5.74) is 1.50. The van der Waals surface area contributed by atoms with E-state index >= 15 is 0 Å². The highest BCUT2D eigenvalue weighted by molar-refractivity contribution is 5.99. The topological polar surface area (TPSA) is 109 Å². The van der Waals surface area contributed by atoms with Gasteiger partial charge in [-0.15, -0.1) is 0 Å². The van der Waals surface area contributed by atoms with Crippen molar-refractivity contribution < 1.29 is 28.6 Å². The molecule has 1 saturated heterocycles. The third-order valence-electron chi connectivity index (χ3n) is 6.58. The summed E-state index contributed by atoms with van der Waals surface area (Å²) in [7, 11) is 0. The smallest absolute Gasteiger partial charge is 0.323 e. The van der Waals surface area contributed by atoms with Crippen molar-refractivity contribution >= 4 is 23.3 Å². The standard InChI is InChI=1S/C25H28FN3O5/c26-19-3-1-2-4-20(19)29-25(32)28-15-7-8-21-17(9-15)18-10-16(33-22(13-30)24(18)34-21)11-23(31)27-12-14-5-6-14/h1-4,7-9,14,16,18,22,24,30H,5-6,10-13H2,(H,27,31)(H2,28,29,32)/t16-,18+,22+,24-/m1/s1. The van der Waals surface area contributed by atoms with Gasteiger partial charge in [-0.25, -0.2) is 9.18 Å². The van der Waals surface area contributed by atoms with Crippen LogP contribution in [-0.2, 0) is 9.53 Å². The van der Waals surface area contributed by atoms with E-state index in [2.05, 4.69) is 16.0 Å². The number of carbonyl (C=O) groups excluding carboxylic acids is 2. The lowest BCUT2D eigenvalue weighted by atomic mass is 9.84. The maximum absolute atomic E-state index is 13.8. The second-order valence-corrected chi connectivity index (χ2v) is 9.17. The van der Waals surface area contributed by atoms with Crippen LogP contribution in [0.5, 0.6) is 5.75 Å². The summed E-state index contributed by atoms with van der Waals surface area (Å²) >= 11 is 0. The Morgan fingerprint density at radius 2 is 1.94 bits per heavy atom. The van der Waals surface area contributed by atoms with Gasteiger partial charge in [0.15, 0.2) is 0 Å². The van der Waals surface area contributed by atoms with Crippen LogP contribution in [0.2, 0.25) is 0 Å². The van der Waals surface area contributed by atoms with Crippen LogP contribution in [0, 0.1) is 11.7 Å². The molecule has 0 unspecified atom stereocenters. The summed E-state index contributed by atoms with van der Waals surface area (Å²) in [4.78, 5) is 24.7. The Bertz CT molecular complexity index is 1080. The predicted molar refractivity (Wildman–Crippen MR) is 123 cm³/mol. The van der Waals surface area contributed by atoms with Crippen LogP contribution in [0.15, 0.2) is 42.5 Å². The van der Waals surface area contributed by atoms with E-state index in [9.17, 15) is 19.1 Å². The number of halogens is 1. The first-order chi connectivity index (χ1) is 16.5. The zero-order valence-electron chi connectivity index (χ0n) is 18.6. The second kappa shape index (κ2) is 9.60. The molecule has 34 heavy (non-hydrogen) atoms. The van der Waals surface area contributed by atoms with Crippen LogP contribution < -0.4 is 20.7 Å². The summed E-state index contributed by atoms with van der Waals surface area (Å²) in [5.74, 6) is 0.607. The molecule has 9 heteroatoms. The van der Waals surface area contributed by atoms with Gasteiger partial charge in [-0.1, -0.05) is 12.1 Å². The fraction of sp³-hybridized carbons (Fsp3) is 0.440. The number of rotatable bonds is 7. The number of benzene rings is 2. The first kappa shape index (κ1) is 22.6. The lowest BCUT2D eigenvalue weighted by molar-refractivity contribution is -0.142. The zero-order valence-corrected chi connectivity index (χ0v) is 18.6. The van der Waals surface area contributed by atoms with Crippen molar-refractivity contribution in [1.29, 1.82) is 0 Å². The number of amides is 3. The van der Waals surface area contributed by atoms with E-state index in [-0.39, 0.29) is 42.7 Å². The second-order valence-electron chi connectivity index (χ2n) is 9.17. The van der Waals surface area contributed by atoms with E-state index in [1.165, 1.54) is 25.0 Å². The van der Waals surface area contributed by atoms with Gasteiger partial charge in [0.2, 0.25) is 5.91 Å². The zero-order chi connectivity index (χ0) is 23.7. The molecule has 3 amide bonds. The molecule has 1 saturated carbocycles. The molecule has 0 spiro atoms. The highest BCUT2D eigenvalue weighted by Crippen LogP contribution is 2.47. The van der Waals surface area contributed by atoms with Crippen molar-refractivity contribution in [2.75, 3.05) is 23.8 Å². The van der Waals surface area contributed by atoms with Gasteiger partial charge in [0.1, 0.15) is 23.8 Å². The molecule has 1 aliphatic carbocycles. The summed E-state index contributed by atoms with van der Waals surface area (Å²) in [6.07, 6.45) is 1.87. The number of carbonyl (C=O) groups is 2. The molecule has 3 aliphatic rings. The molecule has 2 aromatic carbocycles.